The van der Waals surface area contributed by atoms with Crippen LogP contribution in [0.3, 0.4) is 0 Å². The van der Waals surface area contributed by atoms with Crippen molar-refractivity contribution in [3.63, 3.8) is 0 Å². The molecule has 0 aliphatic rings. The summed E-state index contributed by atoms with van der Waals surface area (Å²) in [4.78, 5) is 42.4. The van der Waals surface area contributed by atoms with Gasteiger partial charge < -0.3 is 26.2 Å². The predicted octanol–water partition coefficient (Wildman–Crippen LogP) is 0.214. The van der Waals surface area contributed by atoms with Gasteiger partial charge in [0, 0.05) is 37.1 Å². The number of aromatic nitrogens is 2. The Labute approximate surface area is 182 Å². The van der Waals surface area contributed by atoms with Crippen LogP contribution in [0, 0.1) is 5.92 Å². The topological polar surface area (TPSA) is 156 Å². The van der Waals surface area contributed by atoms with Gasteiger partial charge in [0.25, 0.3) is 0 Å². The van der Waals surface area contributed by atoms with Gasteiger partial charge in [-0.2, -0.15) is 0 Å². The second-order valence-corrected chi connectivity index (χ2v) is 7.51. The maximum Gasteiger partial charge on any atom is 0.243 e. The van der Waals surface area contributed by atoms with Crippen LogP contribution in [-0.4, -0.2) is 52.2 Å². The average Bonchev–Trinajstić information content (AvgIpc) is 2.70. The third-order valence-corrected chi connectivity index (χ3v) is 4.45. The molecule has 6 N–H and O–H groups in total. The number of carbonyl (C=O) groups is 3. The molecule has 0 aromatic carbocycles. The zero-order chi connectivity index (χ0) is 22.5. The van der Waals surface area contributed by atoms with Gasteiger partial charge in [-0.1, -0.05) is 20.3 Å². The summed E-state index contributed by atoms with van der Waals surface area (Å²) in [5.41, 5.74) is 7.06. The molecule has 0 aliphatic heterocycles. The third-order valence-electron chi connectivity index (χ3n) is 4.22. The fourth-order valence-electron chi connectivity index (χ4n) is 2.58. The summed E-state index contributed by atoms with van der Waals surface area (Å²) in [6.45, 7) is 4.16. The standard InChI is InChI=1S/C19H31N7O3S/c1-13(2)17(18(29)22-7-9-27)25-16(28)6-4-3-5-8-26(21)12-15(20)14-10-23-19(30)24-11-14/h9-13,17H,3-8,20-21H2,1-2H3,(H,22,29)(H,25,28)(H,23,24,30)/b15-12-. The average molecular weight is 438 g/mol. The molecular formula is C19H31N7O3S. The zero-order valence-corrected chi connectivity index (χ0v) is 18.3. The van der Waals surface area contributed by atoms with E-state index in [-0.39, 0.29) is 24.3 Å². The molecule has 0 radical (unpaired) electrons. The lowest BCUT2D eigenvalue weighted by molar-refractivity contribution is -0.130. The van der Waals surface area contributed by atoms with Gasteiger partial charge in [0.05, 0.1) is 12.2 Å². The van der Waals surface area contributed by atoms with Crippen LogP contribution in [-0.2, 0) is 14.4 Å². The van der Waals surface area contributed by atoms with E-state index in [1.54, 1.807) is 18.6 Å². The zero-order valence-electron chi connectivity index (χ0n) is 17.4. The van der Waals surface area contributed by atoms with E-state index in [9.17, 15) is 14.4 Å². The number of nitrogens with one attached hydrogen (secondary N) is 2. The van der Waals surface area contributed by atoms with Crippen molar-refractivity contribution < 1.29 is 14.4 Å². The SMILES string of the molecule is CC(C)C(NC(=O)CCCCCN(N)/C=C(\N)c1cnc(S)nc1)C(=O)NCC=O. The fourth-order valence-corrected chi connectivity index (χ4v) is 2.69. The highest BCUT2D eigenvalue weighted by molar-refractivity contribution is 7.80. The van der Waals surface area contributed by atoms with E-state index in [0.717, 1.165) is 12.8 Å². The van der Waals surface area contributed by atoms with Crippen LogP contribution >= 0.6 is 12.6 Å². The number of thiol groups is 1. The van der Waals surface area contributed by atoms with E-state index < -0.39 is 6.04 Å². The summed E-state index contributed by atoms with van der Waals surface area (Å²) in [6.07, 6.45) is 7.87. The number of carbonyl (C=O) groups excluding carboxylic acids is 3. The van der Waals surface area contributed by atoms with Crippen molar-refractivity contribution >= 4 is 36.4 Å². The molecule has 1 aromatic heterocycles. The maximum atomic E-state index is 12.1. The number of amides is 2. The summed E-state index contributed by atoms with van der Waals surface area (Å²) in [6, 6.07) is -0.661. The fraction of sp³-hybridized carbons (Fsp3) is 0.526. The maximum absolute atomic E-state index is 12.1. The summed E-state index contributed by atoms with van der Waals surface area (Å²) in [5.74, 6) is 5.29. The van der Waals surface area contributed by atoms with Crippen LogP contribution in [0.4, 0.5) is 0 Å². The van der Waals surface area contributed by atoms with E-state index in [4.69, 9.17) is 11.6 Å². The number of hydrogen-bond donors (Lipinski definition) is 5. The minimum absolute atomic E-state index is 0.0694. The molecule has 1 unspecified atom stereocenters. The Bertz CT molecular complexity index is 725. The Morgan fingerprint density at radius 1 is 1.23 bits per heavy atom. The van der Waals surface area contributed by atoms with Crippen molar-refractivity contribution in [3.05, 3.63) is 24.2 Å². The van der Waals surface area contributed by atoms with Crippen molar-refractivity contribution in [2.24, 2.45) is 17.5 Å². The van der Waals surface area contributed by atoms with Gasteiger partial charge in [-0.15, -0.1) is 12.6 Å². The van der Waals surface area contributed by atoms with Gasteiger partial charge in [-0.05, 0) is 18.8 Å². The molecular weight excluding hydrogens is 406 g/mol. The first kappa shape index (κ1) is 25.4. The Hall–Kier alpha value is -2.66. The molecule has 166 valence electrons. The number of hydrazine groups is 1. The largest absolute Gasteiger partial charge is 0.397 e. The molecule has 10 nitrogen and oxygen atoms in total. The van der Waals surface area contributed by atoms with E-state index in [0.29, 0.717) is 42.1 Å². The van der Waals surface area contributed by atoms with Crippen molar-refractivity contribution in [2.45, 2.75) is 50.7 Å². The Morgan fingerprint density at radius 2 is 1.90 bits per heavy atom. The highest BCUT2D eigenvalue weighted by atomic mass is 32.1. The van der Waals surface area contributed by atoms with Crippen LogP contribution in [0.15, 0.2) is 23.8 Å². The van der Waals surface area contributed by atoms with Crippen LogP contribution in [0.5, 0.6) is 0 Å². The van der Waals surface area contributed by atoms with Gasteiger partial charge in [-0.3, -0.25) is 9.59 Å². The molecule has 1 heterocycles. The Kier molecular flexibility index (Phi) is 11.5. The third kappa shape index (κ3) is 9.70. The quantitative estimate of drug-likeness (QED) is 0.0732. The number of nitrogens with two attached hydrogens (primary N) is 2. The number of rotatable bonds is 13. The molecule has 0 bridgehead atoms. The number of nitrogens with zero attached hydrogens (tertiary/aromatic N) is 3. The first-order chi connectivity index (χ1) is 14.2. The number of aldehydes is 1. The van der Waals surface area contributed by atoms with Crippen LogP contribution in [0.1, 0.15) is 45.1 Å². The summed E-state index contributed by atoms with van der Waals surface area (Å²) in [7, 11) is 0. The van der Waals surface area contributed by atoms with Crippen molar-refractivity contribution in [1.29, 1.82) is 0 Å². The van der Waals surface area contributed by atoms with Crippen molar-refractivity contribution in [1.82, 2.24) is 25.6 Å². The van der Waals surface area contributed by atoms with Gasteiger partial charge in [-0.25, -0.2) is 15.8 Å². The Morgan fingerprint density at radius 3 is 2.50 bits per heavy atom. The molecule has 2 amide bonds. The lowest BCUT2D eigenvalue weighted by atomic mass is 10.0. The molecule has 11 heteroatoms. The lowest BCUT2D eigenvalue weighted by Crippen LogP contribution is -2.50. The van der Waals surface area contributed by atoms with Crippen LogP contribution in [0.25, 0.3) is 5.70 Å². The van der Waals surface area contributed by atoms with Gasteiger partial charge >= 0.3 is 0 Å². The van der Waals surface area contributed by atoms with Crippen LogP contribution < -0.4 is 22.2 Å². The van der Waals surface area contributed by atoms with E-state index in [1.165, 1.54) is 5.01 Å². The monoisotopic (exact) mass is 437 g/mol. The predicted molar refractivity (Wildman–Crippen MR) is 117 cm³/mol. The molecule has 30 heavy (non-hydrogen) atoms. The van der Waals surface area contributed by atoms with E-state index in [2.05, 4.69) is 33.2 Å². The molecule has 0 saturated heterocycles. The molecule has 1 atom stereocenters. The molecule has 0 spiro atoms. The van der Waals surface area contributed by atoms with Gasteiger partial charge in [0.15, 0.2) is 5.16 Å². The minimum atomic E-state index is -0.661. The molecule has 1 rings (SSSR count). The van der Waals surface area contributed by atoms with E-state index in [1.807, 2.05) is 13.8 Å². The second-order valence-electron chi connectivity index (χ2n) is 7.11. The highest BCUT2D eigenvalue weighted by Gasteiger charge is 2.23. The second kappa shape index (κ2) is 13.5. The molecule has 0 aliphatic carbocycles. The normalized spacial score (nSPS) is 12.4. The van der Waals surface area contributed by atoms with Gasteiger partial charge in [0.1, 0.15) is 12.3 Å². The minimum Gasteiger partial charge on any atom is -0.397 e. The summed E-state index contributed by atoms with van der Waals surface area (Å²) >= 11 is 4.02. The van der Waals surface area contributed by atoms with Crippen molar-refractivity contribution in [3.8, 4) is 0 Å². The lowest BCUT2D eigenvalue weighted by Gasteiger charge is -2.21. The first-order valence-corrected chi connectivity index (χ1v) is 10.2. The highest BCUT2D eigenvalue weighted by Crippen LogP contribution is 2.09. The van der Waals surface area contributed by atoms with Gasteiger partial charge in [0.2, 0.25) is 11.8 Å². The molecule has 0 saturated carbocycles. The van der Waals surface area contributed by atoms with Crippen molar-refractivity contribution in [2.75, 3.05) is 13.1 Å². The smallest absolute Gasteiger partial charge is 0.243 e. The van der Waals surface area contributed by atoms with E-state index >= 15 is 0 Å². The number of hydrogen-bond acceptors (Lipinski definition) is 9. The Balaban J connectivity index is 2.32. The van der Waals surface area contributed by atoms with Crippen LogP contribution in [0.2, 0.25) is 0 Å². The summed E-state index contributed by atoms with van der Waals surface area (Å²) in [5, 5.41) is 7.04. The summed E-state index contributed by atoms with van der Waals surface area (Å²) < 4.78 is 0. The molecule has 1 aromatic rings. The molecule has 0 fully saturated rings. The first-order valence-electron chi connectivity index (χ1n) is 9.75. The number of unbranched alkanes of at least 4 members (excludes halogenated alkanes) is 2.